The van der Waals surface area contributed by atoms with Crippen LogP contribution in [-0.2, 0) is 12.8 Å². The van der Waals surface area contributed by atoms with Crippen LogP contribution < -0.4 is 10.6 Å². The summed E-state index contributed by atoms with van der Waals surface area (Å²) in [6.45, 7) is 0. The topological polar surface area (TPSA) is 37.0 Å². The van der Waals surface area contributed by atoms with Gasteiger partial charge in [-0.3, -0.25) is 0 Å². The van der Waals surface area contributed by atoms with Crippen molar-refractivity contribution >= 4 is 33.8 Å². The van der Waals surface area contributed by atoms with E-state index in [0.717, 1.165) is 16.7 Å². The first-order chi connectivity index (χ1) is 9.31. The molecule has 1 aromatic rings. The van der Waals surface area contributed by atoms with Crippen LogP contribution in [0.2, 0.25) is 0 Å². The fraction of sp³-hybridized carbons (Fsp3) is 0.714. The van der Waals surface area contributed by atoms with Gasteiger partial charge in [-0.15, -0.1) is 11.3 Å². The SMILES string of the molecule is S=C(Nc1nc2c(s1)CCCC2)NC1CCCCC1. The van der Waals surface area contributed by atoms with Crippen molar-refractivity contribution in [2.75, 3.05) is 5.32 Å². The standard InChI is InChI=1S/C14H21N3S2/c18-13(15-10-6-2-1-3-7-10)17-14-16-11-8-4-5-9-12(11)19-14/h10H,1-9H2,(H2,15,16,17,18). The van der Waals surface area contributed by atoms with Gasteiger partial charge < -0.3 is 10.6 Å². The number of aromatic nitrogens is 1. The summed E-state index contributed by atoms with van der Waals surface area (Å²) < 4.78 is 0. The molecule has 0 bridgehead atoms. The number of fused-ring (bicyclic) bond motifs is 1. The molecule has 0 saturated heterocycles. The zero-order valence-electron chi connectivity index (χ0n) is 11.2. The van der Waals surface area contributed by atoms with Gasteiger partial charge in [0.25, 0.3) is 0 Å². The van der Waals surface area contributed by atoms with Gasteiger partial charge in [0.15, 0.2) is 10.2 Å². The van der Waals surface area contributed by atoms with Gasteiger partial charge in [-0.1, -0.05) is 19.3 Å². The highest BCUT2D eigenvalue weighted by Crippen LogP contribution is 2.29. The summed E-state index contributed by atoms with van der Waals surface area (Å²) in [5.41, 5.74) is 1.29. The van der Waals surface area contributed by atoms with Gasteiger partial charge >= 0.3 is 0 Å². The Morgan fingerprint density at radius 2 is 1.89 bits per heavy atom. The van der Waals surface area contributed by atoms with Crippen molar-refractivity contribution in [1.82, 2.24) is 10.3 Å². The molecule has 0 aromatic carbocycles. The quantitative estimate of drug-likeness (QED) is 0.817. The Balaban J connectivity index is 1.55. The van der Waals surface area contributed by atoms with Gasteiger partial charge in [-0.2, -0.15) is 0 Å². The van der Waals surface area contributed by atoms with Gasteiger partial charge in [0.2, 0.25) is 0 Å². The molecule has 2 N–H and O–H groups in total. The molecule has 3 rings (SSSR count). The van der Waals surface area contributed by atoms with Crippen LogP contribution in [0.15, 0.2) is 0 Å². The Morgan fingerprint density at radius 1 is 1.11 bits per heavy atom. The average Bonchev–Trinajstić information content (AvgIpc) is 2.81. The van der Waals surface area contributed by atoms with Crippen LogP contribution >= 0.6 is 23.6 Å². The maximum Gasteiger partial charge on any atom is 0.189 e. The number of thiazole rings is 1. The molecule has 2 aliphatic rings. The zero-order valence-corrected chi connectivity index (χ0v) is 12.8. The lowest BCUT2D eigenvalue weighted by molar-refractivity contribution is 0.415. The molecule has 1 saturated carbocycles. The molecule has 0 aliphatic heterocycles. The van der Waals surface area contributed by atoms with E-state index >= 15 is 0 Å². The van der Waals surface area contributed by atoms with Gasteiger partial charge in [0.05, 0.1) is 5.69 Å². The van der Waals surface area contributed by atoms with Gasteiger partial charge in [-0.05, 0) is 50.7 Å². The maximum atomic E-state index is 5.40. The summed E-state index contributed by atoms with van der Waals surface area (Å²) in [5, 5.41) is 8.43. The van der Waals surface area contributed by atoms with E-state index in [4.69, 9.17) is 12.2 Å². The van der Waals surface area contributed by atoms with Crippen molar-refractivity contribution in [3.05, 3.63) is 10.6 Å². The Hall–Kier alpha value is -0.680. The largest absolute Gasteiger partial charge is 0.360 e. The van der Waals surface area contributed by atoms with Crippen molar-refractivity contribution < 1.29 is 0 Å². The number of hydrogen-bond acceptors (Lipinski definition) is 3. The van der Waals surface area contributed by atoms with E-state index in [0.29, 0.717) is 6.04 Å². The predicted molar refractivity (Wildman–Crippen MR) is 85.0 cm³/mol. The third-order valence-corrected chi connectivity index (χ3v) is 5.30. The molecule has 3 nitrogen and oxygen atoms in total. The fourth-order valence-electron chi connectivity index (χ4n) is 2.97. The van der Waals surface area contributed by atoms with E-state index in [9.17, 15) is 0 Å². The van der Waals surface area contributed by atoms with Crippen LogP contribution in [0.1, 0.15) is 55.5 Å². The van der Waals surface area contributed by atoms with Crippen molar-refractivity contribution in [2.24, 2.45) is 0 Å². The first kappa shape index (κ1) is 13.3. The molecule has 1 fully saturated rings. The number of anilines is 1. The summed E-state index contributed by atoms with van der Waals surface area (Å²) in [4.78, 5) is 6.12. The van der Waals surface area contributed by atoms with Crippen LogP contribution in [0.3, 0.4) is 0 Å². The minimum absolute atomic E-state index is 0.559. The lowest BCUT2D eigenvalue weighted by Gasteiger charge is -2.23. The summed E-state index contributed by atoms with van der Waals surface area (Å²) in [7, 11) is 0. The van der Waals surface area contributed by atoms with Crippen LogP contribution in [0, 0.1) is 0 Å². The highest BCUT2D eigenvalue weighted by atomic mass is 32.1. The molecule has 1 aromatic heterocycles. The third kappa shape index (κ3) is 3.45. The minimum atomic E-state index is 0.559. The number of rotatable bonds is 2. The molecule has 0 atom stereocenters. The maximum absolute atomic E-state index is 5.40. The molecular weight excluding hydrogens is 274 g/mol. The third-order valence-electron chi connectivity index (χ3n) is 4.01. The van der Waals surface area contributed by atoms with Crippen LogP contribution in [0.5, 0.6) is 0 Å². The van der Waals surface area contributed by atoms with Crippen LogP contribution in [0.25, 0.3) is 0 Å². The number of aryl methyl sites for hydroxylation is 2. The van der Waals surface area contributed by atoms with Crippen molar-refractivity contribution in [2.45, 2.75) is 63.8 Å². The summed E-state index contributed by atoms with van der Waals surface area (Å²) in [5.74, 6) is 0. The van der Waals surface area contributed by atoms with Gasteiger partial charge in [-0.25, -0.2) is 4.98 Å². The number of nitrogens with zero attached hydrogens (tertiary/aromatic N) is 1. The van der Waals surface area contributed by atoms with E-state index in [2.05, 4.69) is 15.6 Å². The van der Waals surface area contributed by atoms with Gasteiger partial charge in [0, 0.05) is 10.9 Å². The monoisotopic (exact) mass is 295 g/mol. The van der Waals surface area contributed by atoms with Crippen molar-refractivity contribution in [1.29, 1.82) is 0 Å². The molecule has 19 heavy (non-hydrogen) atoms. The fourth-order valence-corrected chi connectivity index (χ4v) is 4.35. The van der Waals surface area contributed by atoms with Crippen molar-refractivity contribution in [3.63, 3.8) is 0 Å². The molecule has 5 heteroatoms. The second-order valence-electron chi connectivity index (χ2n) is 5.53. The molecule has 0 amide bonds. The van der Waals surface area contributed by atoms with E-state index in [-0.39, 0.29) is 0 Å². The minimum Gasteiger partial charge on any atom is -0.360 e. The van der Waals surface area contributed by atoms with Gasteiger partial charge in [0.1, 0.15) is 0 Å². The molecule has 2 aliphatic carbocycles. The lowest BCUT2D eigenvalue weighted by atomic mass is 9.96. The Labute approximate surface area is 124 Å². The summed E-state index contributed by atoms with van der Waals surface area (Å²) >= 11 is 7.18. The van der Waals surface area contributed by atoms with E-state index in [1.807, 2.05) is 0 Å². The van der Waals surface area contributed by atoms with Crippen molar-refractivity contribution in [3.8, 4) is 0 Å². The van der Waals surface area contributed by atoms with Crippen LogP contribution in [-0.4, -0.2) is 16.1 Å². The summed E-state index contributed by atoms with van der Waals surface area (Å²) in [6.07, 6.45) is 11.4. The number of thiocarbonyl (C=S) groups is 1. The smallest absolute Gasteiger partial charge is 0.189 e. The summed E-state index contributed by atoms with van der Waals surface area (Å²) in [6, 6.07) is 0.559. The molecule has 104 valence electrons. The lowest BCUT2D eigenvalue weighted by Crippen LogP contribution is -2.38. The molecule has 0 unspecified atom stereocenters. The highest BCUT2D eigenvalue weighted by Gasteiger charge is 2.17. The van der Waals surface area contributed by atoms with Crippen LogP contribution in [0.4, 0.5) is 5.13 Å². The van der Waals surface area contributed by atoms with E-state index in [1.165, 1.54) is 61.9 Å². The number of hydrogen-bond donors (Lipinski definition) is 2. The second kappa shape index (κ2) is 6.18. The Kier molecular flexibility index (Phi) is 4.33. The molecule has 0 spiro atoms. The Morgan fingerprint density at radius 3 is 2.68 bits per heavy atom. The second-order valence-corrected chi connectivity index (χ2v) is 7.02. The Bertz CT molecular complexity index is 426. The van der Waals surface area contributed by atoms with E-state index in [1.54, 1.807) is 11.3 Å². The average molecular weight is 295 g/mol. The van der Waals surface area contributed by atoms with E-state index < -0.39 is 0 Å². The number of nitrogens with one attached hydrogen (secondary N) is 2. The highest BCUT2D eigenvalue weighted by molar-refractivity contribution is 7.80. The molecule has 1 heterocycles. The molecule has 0 radical (unpaired) electrons. The molecular formula is C14H21N3S2. The normalized spacial score (nSPS) is 19.8. The predicted octanol–water partition coefficient (Wildman–Crippen LogP) is 3.64. The first-order valence-corrected chi connectivity index (χ1v) is 8.60. The zero-order chi connectivity index (χ0) is 13.1. The first-order valence-electron chi connectivity index (χ1n) is 7.37.